The van der Waals surface area contributed by atoms with Crippen LogP contribution in [0.3, 0.4) is 0 Å². The molecule has 0 unspecified atom stereocenters. The van der Waals surface area contributed by atoms with E-state index in [2.05, 4.69) is 51.9 Å². The van der Waals surface area contributed by atoms with E-state index < -0.39 is 70.7 Å². The number of fused-ring (bicyclic) bond motifs is 2. The zero-order chi connectivity index (χ0) is 56.4. The zero-order valence-electron chi connectivity index (χ0n) is 45.8. The number of aryl methyl sites for hydroxylation is 2. The van der Waals surface area contributed by atoms with Crippen molar-refractivity contribution in [2.24, 2.45) is 0 Å². The average Bonchev–Trinajstić information content (AvgIpc) is 4.25. The molecule has 0 bridgehead atoms. The van der Waals surface area contributed by atoms with E-state index in [1.807, 2.05) is 27.7 Å². The van der Waals surface area contributed by atoms with Crippen LogP contribution in [0.15, 0.2) is 82.6 Å². The van der Waals surface area contributed by atoms with Crippen LogP contribution < -0.4 is 42.2 Å². The van der Waals surface area contributed by atoms with Gasteiger partial charge in [-0.25, -0.2) is 18.1 Å². The van der Waals surface area contributed by atoms with Gasteiger partial charge in [0.2, 0.25) is 11.8 Å². The molecule has 78 heavy (non-hydrogen) atoms. The number of hydrogen-bond donors (Lipinski definition) is 6. The first-order chi connectivity index (χ1) is 37.0. The molecular formula is C56H70F2N14O6. The minimum absolute atomic E-state index is 0.216. The SMILES string of the molecule is CN[C@@H](C)C(=O)N[C@H](C(=O)N1CC(C)(C)c2[nH]c(=O)c(Cc3ccc(F)cc3)cc21)[C@H](C)n1cc(CCCCc2cn([C@@H](C)[C@H](NC(=O)[C@H](C)NC)C(=O)N3CC(C)(C)c4[nH]c(=O)c(Cc5ccc(F)cc5)cc43)nn2)nn1. The van der Waals surface area contributed by atoms with Gasteiger partial charge < -0.3 is 41.0 Å². The Morgan fingerprint density at radius 2 is 0.962 bits per heavy atom. The number of aromatic amines is 2. The molecule has 0 spiro atoms. The lowest BCUT2D eigenvalue weighted by Gasteiger charge is -2.30. The second-order valence-electron chi connectivity index (χ2n) is 22.1. The smallest absolute Gasteiger partial charge is 0.251 e. The second kappa shape index (κ2) is 23.1. The lowest BCUT2D eigenvalue weighted by atomic mass is 9.91. The Morgan fingerprint density at radius 3 is 1.31 bits per heavy atom. The van der Waals surface area contributed by atoms with Crippen LogP contribution in [0.5, 0.6) is 0 Å². The molecule has 2 aromatic carbocycles. The van der Waals surface area contributed by atoms with Gasteiger partial charge in [-0.2, -0.15) is 0 Å². The molecular weight excluding hydrogens is 1000 g/mol. The van der Waals surface area contributed by atoms with Crippen LogP contribution in [0.25, 0.3) is 0 Å². The molecule has 4 aromatic heterocycles. The van der Waals surface area contributed by atoms with E-state index in [0.717, 1.165) is 11.1 Å². The van der Waals surface area contributed by atoms with Crippen molar-refractivity contribution in [3.8, 4) is 0 Å². The molecule has 6 atom stereocenters. The summed E-state index contributed by atoms with van der Waals surface area (Å²) >= 11 is 0. The molecule has 2 aliphatic heterocycles. The first kappa shape index (κ1) is 56.5. The van der Waals surface area contributed by atoms with Gasteiger partial charge in [0.1, 0.15) is 23.7 Å². The van der Waals surface area contributed by atoms with Crippen LogP contribution in [0.2, 0.25) is 0 Å². The van der Waals surface area contributed by atoms with Gasteiger partial charge in [-0.15, -0.1) is 10.2 Å². The summed E-state index contributed by atoms with van der Waals surface area (Å²) in [5.41, 5.74) is 3.97. The molecule has 4 amide bonds. The molecule has 0 saturated carbocycles. The average molecular weight is 1070 g/mol. The highest BCUT2D eigenvalue weighted by atomic mass is 19.1. The molecule has 6 N–H and O–H groups in total. The Kier molecular flexibility index (Phi) is 16.7. The number of pyridine rings is 2. The number of likely N-dealkylation sites (N-methyl/N-ethyl adjacent to an activating group) is 2. The summed E-state index contributed by atoms with van der Waals surface area (Å²) in [7, 11) is 3.30. The molecule has 6 heterocycles. The number of H-pyrrole nitrogens is 2. The maximum absolute atomic E-state index is 14.8. The van der Waals surface area contributed by atoms with Gasteiger partial charge in [-0.05, 0) is 115 Å². The Morgan fingerprint density at radius 1 is 0.603 bits per heavy atom. The number of amides is 4. The highest BCUT2D eigenvalue weighted by molar-refractivity contribution is 6.03. The zero-order valence-corrected chi connectivity index (χ0v) is 45.8. The van der Waals surface area contributed by atoms with Crippen molar-refractivity contribution in [2.45, 2.75) is 141 Å². The molecule has 0 fully saturated rings. The van der Waals surface area contributed by atoms with E-state index in [1.165, 1.54) is 24.3 Å². The van der Waals surface area contributed by atoms with Gasteiger partial charge in [0.05, 0.1) is 46.9 Å². The monoisotopic (exact) mass is 1070 g/mol. The molecule has 0 radical (unpaired) electrons. The Balaban J connectivity index is 0.942. The molecule has 0 aliphatic carbocycles. The molecule has 20 nitrogen and oxygen atoms in total. The van der Waals surface area contributed by atoms with Crippen LogP contribution >= 0.6 is 0 Å². The number of rotatable bonds is 21. The maximum atomic E-state index is 14.8. The molecule has 414 valence electrons. The fraction of sp³-hybridized carbons (Fsp3) is 0.464. The van der Waals surface area contributed by atoms with Crippen molar-refractivity contribution >= 4 is 35.0 Å². The Labute approximate surface area is 451 Å². The van der Waals surface area contributed by atoms with Crippen LogP contribution in [-0.4, -0.2) is 115 Å². The molecule has 22 heteroatoms. The fourth-order valence-electron chi connectivity index (χ4n) is 10.1. The number of nitrogens with zero attached hydrogens (tertiary/aromatic N) is 8. The summed E-state index contributed by atoms with van der Waals surface area (Å²) in [6.07, 6.45) is 6.40. The molecule has 2 aliphatic rings. The van der Waals surface area contributed by atoms with Crippen LogP contribution in [0, 0.1) is 11.6 Å². The van der Waals surface area contributed by atoms with E-state index in [0.29, 0.717) is 71.0 Å². The van der Waals surface area contributed by atoms with E-state index in [1.54, 1.807) is 110 Å². The van der Waals surface area contributed by atoms with Gasteiger partial charge in [0.25, 0.3) is 22.9 Å². The van der Waals surface area contributed by atoms with Crippen molar-refractivity contribution in [3.63, 3.8) is 0 Å². The van der Waals surface area contributed by atoms with Crippen molar-refractivity contribution in [1.82, 2.24) is 61.2 Å². The van der Waals surface area contributed by atoms with Gasteiger partial charge in [0, 0.05) is 71.7 Å². The summed E-state index contributed by atoms with van der Waals surface area (Å²) in [5, 5.41) is 29.5. The number of nitrogens with one attached hydrogen (secondary N) is 6. The predicted octanol–water partition coefficient (Wildman–Crippen LogP) is 4.23. The van der Waals surface area contributed by atoms with Gasteiger partial charge >= 0.3 is 0 Å². The van der Waals surface area contributed by atoms with Gasteiger partial charge in [-0.1, -0.05) is 62.4 Å². The topological polar surface area (TPSA) is 250 Å². The van der Waals surface area contributed by atoms with Gasteiger partial charge in [0.15, 0.2) is 0 Å². The predicted molar refractivity (Wildman–Crippen MR) is 290 cm³/mol. The fourth-order valence-corrected chi connectivity index (χ4v) is 10.1. The van der Waals surface area contributed by atoms with Gasteiger partial charge in [-0.3, -0.25) is 28.8 Å². The third kappa shape index (κ3) is 12.2. The highest BCUT2D eigenvalue weighted by Crippen LogP contribution is 2.41. The van der Waals surface area contributed by atoms with Crippen LogP contribution in [-0.2, 0) is 55.7 Å². The first-order valence-corrected chi connectivity index (χ1v) is 26.4. The van der Waals surface area contributed by atoms with E-state index in [9.17, 15) is 37.5 Å². The number of hydrogen-bond acceptors (Lipinski definition) is 12. The minimum atomic E-state index is -1.09. The van der Waals surface area contributed by atoms with Crippen molar-refractivity contribution in [1.29, 1.82) is 0 Å². The molecule has 6 aromatic rings. The van der Waals surface area contributed by atoms with E-state index in [4.69, 9.17) is 0 Å². The van der Waals surface area contributed by atoms with Crippen molar-refractivity contribution in [2.75, 3.05) is 37.0 Å². The standard InChI is InChI=1S/C56H70F2N14O6/c1-31(59-9)49(73)61-45(53(77)69-29-55(5,6)47-43(69)25-37(51(75)63-47)23-35-15-19-39(57)20-16-35)33(3)71-27-41(65-67-71)13-11-12-14-42-28-72(68-66-42)34(4)46(62-50(74)32(2)60-10)54(78)70-30-56(7,8)48-44(70)26-38(52(76)64-48)24-36-17-21-40(58)22-18-36/h15-22,25-28,31-34,45-46,59-60H,11-14,23-24,29-30H2,1-10H3,(H,61,73)(H,62,74)(H,63,75)(H,64,76)/t31-,32-,33-,34-,45-,46-/m0/s1. The number of halogens is 2. The summed E-state index contributed by atoms with van der Waals surface area (Å²) in [4.78, 5) is 92.6. The number of carbonyl (C=O) groups is 4. The second-order valence-corrected chi connectivity index (χ2v) is 22.1. The lowest BCUT2D eigenvalue weighted by molar-refractivity contribution is -0.129. The maximum Gasteiger partial charge on any atom is 0.251 e. The Bertz CT molecular complexity index is 3080. The number of unbranched alkanes of at least 4 members (excludes halogenated alkanes) is 1. The first-order valence-electron chi connectivity index (χ1n) is 26.4. The number of aromatic nitrogens is 8. The minimum Gasteiger partial charge on any atom is -0.341 e. The quantitative estimate of drug-likeness (QED) is 0.0555. The summed E-state index contributed by atoms with van der Waals surface area (Å²) in [6.45, 7) is 15.2. The lowest BCUT2D eigenvalue weighted by Crippen LogP contribution is -2.55. The summed E-state index contributed by atoms with van der Waals surface area (Å²) in [5.74, 6) is -2.35. The Hall–Kier alpha value is -7.72. The van der Waals surface area contributed by atoms with Crippen molar-refractivity contribution in [3.05, 3.63) is 150 Å². The normalized spacial score (nSPS) is 16.7. The number of benzene rings is 2. The van der Waals surface area contributed by atoms with E-state index in [-0.39, 0.29) is 48.7 Å². The number of carbonyl (C=O) groups excluding carboxylic acids is 4. The van der Waals surface area contributed by atoms with Crippen LogP contribution in [0.1, 0.15) is 125 Å². The molecule has 0 saturated heterocycles. The highest BCUT2D eigenvalue weighted by Gasteiger charge is 2.45. The van der Waals surface area contributed by atoms with Crippen LogP contribution in [0.4, 0.5) is 20.2 Å². The largest absolute Gasteiger partial charge is 0.341 e. The molecule has 8 rings (SSSR count). The summed E-state index contributed by atoms with van der Waals surface area (Å²) < 4.78 is 30.6. The third-order valence-electron chi connectivity index (χ3n) is 15.2. The third-order valence-corrected chi connectivity index (χ3v) is 15.2. The number of anilines is 2. The van der Waals surface area contributed by atoms with Crippen molar-refractivity contribution < 1.29 is 28.0 Å². The summed E-state index contributed by atoms with van der Waals surface area (Å²) in [6, 6.07) is 10.4. The van der Waals surface area contributed by atoms with E-state index >= 15 is 0 Å².